The quantitative estimate of drug-likeness (QED) is 0.121. The number of carbonyl (C=O) groups is 6. The van der Waals surface area contributed by atoms with Gasteiger partial charge in [0.05, 0.1) is 41.0 Å². The molecule has 15 nitrogen and oxygen atoms in total. The van der Waals surface area contributed by atoms with E-state index in [2.05, 4.69) is 16.0 Å². The summed E-state index contributed by atoms with van der Waals surface area (Å²) in [7, 11) is 3.82. The molecule has 1 saturated heterocycles. The highest BCUT2D eigenvalue weighted by molar-refractivity contribution is 5.87. The number of methoxy groups -OCH3 is 3. The maximum Gasteiger partial charge on any atom is 0.328 e. The zero-order valence-corrected chi connectivity index (χ0v) is 32.9. The molecule has 0 radical (unpaired) electrons. The lowest BCUT2D eigenvalue weighted by molar-refractivity contribution is -0.145. The highest BCUT2D eigenvalue weighted by atomic mass is 16.5. The molecule has 57 heavy (non-hydrogen) atoms. The Morgan fingerprint density at radius 2 is 0.667 bits per heavy atom. The lowest BCUT2D eigenvalue weighted by atomic mass is 10.1. The van der Waals surface area contributed by atoms with Crippen LogP contribution < -0.4 is 16.0 Å². The number of rotatable bonds is 18. The molecule has 0 aliphatic carbocycles. The van der Waals surface area contributed by atoms with Gasteiger partial charge in [-0.15, -0.1) is 0 Å². The molecule has 0 bridgehead atoms. The minimum atomic E-state index is -0.903. The highest BCUT2D eigenvalue weighted by Crippen LogP contribution is 2.09. The average Bonchev–Trinajstić information content (AvgIpc) is 3.30. The topological polar surface area (TPSA) is 176 Å². The van der Waals surface area contributed by atoms with Crippen LogP contribution in [0.4, 0.5) is 0 Å². The van der Waals surface area contributed by atoms with Crippen molar-refractivity contribution in [2.45, 2.75) is 37.4 Å². The van der Waals surface area contributed by atoms with Gasteiger partial charge >= 0.3 is 17.9 Å². The average molecular weight is 787 g/mol. The summed E-state index contributed by atoms with van der Waals surface area (Å²) in [5.74, 6) is -2.88. The summed E-state index contributed by atoms with van der Waals surface area (Å²) in [6, 6.07) is 25.2. The van der Waals surface area contributed by atoms with Gasteiger partial charge in [0.15, 0.2) is 0 Å². The number of ether oxygens (including phenoxy) is 3. The molecule has 306 valence electrons. The van der Waals surface area contributed by atoms with Crippen molar-refractivity contribution < 1.29 is 43.0 Å². The molecule has 0 unspecified atom stereocenters. The van der Waals surface area contributed by atoms with Crippen molar-refractivity contribution in [3.05, 3.63) is 108 Å². The van der Waals surface area contributed by atoms with Crippen molar-refractivity contribution in [1.82, 2.24) is 30.7 Å². The van der Waals surface area contributed by atoms with Crippen LogP contribution in [0.5, 0.6) is 0 Å². The third kappa shape index (κ3) is 15.4. The van der Waals surface area contributed by atoms with Crippen LogP contribution in [0, 0.1) is 0 Å². The maximum absolute atomic E-state index is 13.5. The van der Waals surface area contributed by atoms with Crippen LogP contribution in [0.15, 0.2) is 91.0 Å². The second-order valence-electron chi connectivity index (χ2n) is 13.8. The molecule has 3 amide bonds. The summed E-state index contributed by atoms with van der Waals surface area (Å²) in [6.45, 7) is 2.11. The number of nitrogens with zero attached hydrogens (tertiary/aromatic N) is 3. The van der Waals surface area contributed by atoms with Gasteiger partial charge in [0, 0.05) is 58.5 Å². The Labute approximate surface area is 334 Å². The number of benzene rings is 3. The van der Waals surface area contributed by atoms with E-state index in [9.17, 15) is 28.8 Å². The molecule has 1 aliphatic rings. The van der Waals surface area contributed by atoms with E-state index in [1.165, 1.54) is 21.3 Å². The summed E-state index contributed by atoms with van der Waals surface area (Å²) in [5, 5.41) is 8.46. The van der Waals surface area contributed by atoms with Crippen LogP contribution in [-0.2, 0) is 62.2 Å². The summed E-state index contributed by atoms with van der Waals surface area (Å²) >= 11 is 0. The van der Waals surface area contributed by atoms with E-state index in [0.717, 1.165) is 16.7 Å². The fraction of sp³-hybridized carbons (Fsp3) is 0.429. The van der Waals surface area contributed by atoms with Crippen LogP contribution in [0.3, 0.4) is 0 Å². The van der Waals surface area contributed by atoms with E-state index in [1.54, 1.807) is 0 Å². The first-order valence-electron chi connectivity index (χ1n) is 19.0. The monoisotopic (exact) mass is 786 g/mol. The Morgan fingerprint density at radius 3 is 0.877 bits per heavy atom. The molecule has 3 N–H and O–H groups in total. The van der Waals surface area contributed by atoms with Crippen molar-refractivity contribution in [1.29, 1.82) is 0 Å². The molecule has 0 aromatic heterocycles. The van der Waals surface area contributed by atoms with Gasteiger partial charge in [-0.2, -0.15) is 0 Å². The van der Waals surface area contributed by atoms with E-state index < -0.39 is 53.8 Å². The zero-order valence-electron chi connectivity index (χ0n) is 32.9. The van der Waals surface area contributed by atoms with E-state index >= 15 is 0 Å². The van der Waals surface area contributed by atoms with Gasteiger partial charge in [0.2, 0.25) is 17.7 Å². The molecule has 3 aromatic carbocycles. The van der Waals surface area contributed by atoms with Crippen LogP contribution in [0.2, 0.25) is 0 Å². The van der Waals surface area contributed by atoms with Crippen molar-refractivity contribution in [2.24, 2.45) is 0 Å². The summed E-state index contributed by atoms with van der Waals surface area (Å²) < 4.78 is 14.9. The first-order valence-corrected chi connectivity index (χ1v) is 19.0. The van der Waals surface area contributed by atoms with Crippen LogP contribution in [0.25, 0.3) is 0 Å². The number of esters is 3. The predicted octanol–water partition coefficient (Wildman–Crippen LogP) is 0.608. The Morgan fingerprint density at radius 1 is 0.439 bits per heavy atom. The third-order valence-corrected chi connectivity index (χ3v) is 9.61. The van der Waals surface area contributed by atoms with Crippen molar-refractivity contribution in [3.8, 4) is 0 Å². The van der Waals surface area contributed by atoms with Crippen molar-refractivity contribution in [3.63, 3.8) is 0 Å². The molecule has 4 rings (SSSR count). The lowest BCUT2D eigenvalue weighted by Crippen LogP contribution is -2.49. The molecular weight excluding hydrogens is 732 g/mol. The molecule has 0 spiro atoms. The molecule has 3 aromatic rings. The number of hydrogen-bond donors (Lipinski definition) is 3. The SMILES string of the molecule is COC(=O)[C@H](Cc1ccccc1)NC(=O)CN1CCN(CC(=O)N[C@@H](Cc2ccccc2)C(=O)OC)CCN(CC(=O)N[C@@H](Cc2ccccc2)C(=O)OC)CC1. The number of nitrogens with one attached hydrogen (secondary N) is 3. The smallest absolute Gasteiger partial charge is 0.328 e. The fourth-order valence-electron chi connectivity index (χ4n) is 6.54. The summed E-state index contributed by atoms with van der Waals surface area (Å²) in [6.07, 6.45) is 0.746. The second-order valence-corrected chi connectivity index (χ2v) is 13.8. The third-order valence-electron chi connectivity index (χ3n) is 9.61. The van der Waals surface area contributed by atoms with Gasteiger partial charge in [-0.1, -0.05) is 91.0 Å². The van der Waals surface area contributed by atoms with Gasteiger partial charge in [-0.05, 0) is 16.7 Å². The van der Waals surface area contributed by atoms with E-state index in [1.807, 2.05) is 106 Å². The van der Waals surface area contributed by atoms with Gasteiger partial charge in [-0.25, -0.2) is 14.4 Å². The minimum Gasteiger partial charge on any atom is -0.467 e. The highest BCUT2D eigenvalue weighted by Gasteiger charge is 2.28. The molecular formula is C42H54N6O9. The lowest BCUT2D eigenvalue weighted by Gasteiger charge is -2.26. The Kier molecular flexibility index (Phi) is 18.1. The molecule has 3 atom stereocenters. The molecule has 1 fully saturated rings. The number of carbonyl (C=O) groups excluding carboxylic acids is 6. The molecule has 0 saturated carbocycles. The van der Waals surface area contributed by atoms with Crippen molar-refractivity contribution in [2.75, 3.05) is 80.2 Å². The molecule has 15 heteroatoms. The van der Waals surface area contributed by atoms with Gasteiger partial charge in [0.1, 0.15) is 18.1 Å². The zero-order chi connectivity index (χ0) is 41.0. The summed E-state index contributed by atoms with van der Waals surface area (Å²) in [5.41, 5.74) is 2.57. The van der Waals surface area contributed by atoms with E-state index in [4.69, 9.17) is 14.2 Å². The molecule has 1 heterocycles. The standard InChI is InChI=1S/C42H54N6O9/c1-55-40(52)34(25-31-13-7-4-8-14-31)43-37(49)28-46-19-21-47(29-38(50)44-35(41(53)56-2)26-32-15-9-5-10-16-32)23-24-48(22-20-46)30-39(51)45-36(42(54)57-3)27-33-17-11-6-12-18-33/h4-18,34-36H,19-30H2,1-3H3,(H,43,49)(H,44,50)(H,45,51)/t34-,35-,36-/m0/s1. The van der Waals surface area contributed by atoms with Crippen LogP contribution in [-0.4, -0.2) is 149 Å². The minimum absolute atomic E-state index is 0.0641. The Balaban J connectivity index is 1.46. The van der Waals surface area contributed by atoms with Crippen LogP contribution >= 0.6 is 0 Å². The van der Waals surface area contributed by atoms with Crippen LogP contribution in [0.1, 0.15) is 16.7 Å². The summed E-state index contributed by atoms with van der Waals surface area (Å²) in [4.78, 5) is 84.1. The number of amides is 3. The fourth-order valence-corrected chi connectivity index (χ4v) is 6.54. The van der Waals surface area contributed by atoms with Gasteiger partial charge < -0.3 is 30.2 Å². The van der Waals surface area contributed by atoms with E-state index in [0.29, 0.717) is 39.3 Å². The van der Waals surface area contributed by atoms with Crippen molar-refractivity contribution >= 4 is 35.6 Å². The first-order chi connectivity index (χ1) is 27.6. The second kappa shape index (κ2) is 23.4. The number of hydrogen-bond acceptors (Lipinski definition) is 12. The first kappa shape index (κ1) is 44.1. The normalized spacial score (nSPS) is 15.6. The Hall–Kier alpha value is -5.64. The van der Waals surface area contributed by atoms with Gasteiger partial charge in [0.25, 0.3) is 0 Å². The van der Waals surface area contributed by atoms with E-state index in [-0.39, 0.29) is 38.9 Å². The predicted molar refractivity (Wildman–Crippen MR) is 212 cm³/mol. The largest absolute Gasteiger partial charge is 0.467 e. The Bertz CT molecular complexity index is 1530. The molecule has 1 aliphatic heterocycles. The maximum atomic E-state index is 13.5. The van der Waals surface area contributed by atoms with Gasteiger partial charge in [-0.3, -0.25) is 29.1 Å².